The minimum atomic E-state index is -0.425. The number of carbonyl (C=O) groups excluding carboxylic acids is 1. The van der Waals surface area contributed by atoms with Crippen molar-refractivity contribution in [1.82, 2.24) is 0 Å². The van der Waals surface area contributed by atoms with E-state index in [9.17, 15) is 4.79 Å². The summed E-state index contributed by atoms with van der Waals surface area (Å²) in [6.07, 6.45) is 0. The highest BCUT2D eigenvalue weighted by Crippen LogP contribution is 2.35. The Morgan fingerprint density at radius 1 is 1.00 bits per heavy atom. The molecule has 3 aromatic carbocycles. The highest BCUT2D eigenvalue weighted by Gasteiger charge is 2.13. The van der Waals surface area contributed by atoms with Crippen molar-refractivity contribution in [3.8, 4) is 5.75 Å². The van der Waals surface area contributed by atoms with Gasteiger partial charge in [0.1, 0.15) is 5.75 Å². The van der Waals surface area contributed by atoms with Gasteiger partial charge in [0.2, 0.25) is 0 Å². The van der Waals surface area contributed by atoms with Crippen LogP contribution in [0.3, 0.4) is 0 Å². The molecule has 0 aliphatic heterocycles. The van der Waals surface area contributed by atoms with Crippen LogP contribution in [-0.4, -0.2) is 5.97 Å². The molecule has 0 saturated heterocycles. The van der Waals surface area contributed by atoms with E-state index in [0.717, 1.165) is 21.5 Å². The maximum absolute atomic E-state index is 12.1. The van der Waals surface area contributed by atoms with Gasteiger partial charge in [0.25, 0.3) is 0 Å². The molecule has 3 rings (SSSR count). The molecule has 0 heterocycles. The number of carbonyl (C=O) groups is 1. The first kappa shape index (κ1) is 13.2. The molecule has 0 aliphatic carbocycles. The number of hydrogen-bond acceptors (Lipinski definition) is 2. The average Bonchev–Trinajstić information content (AvgIpc) is 2.53. The fraction of sp³-hybridized carbons (Fsp3) is 0.0526. The third kappa shape index (κ3) is 2.33. The zero-order valence-corrected chi connectivity index (χ0v) is 11.7. The summed E-state index contributed by atoms with van der Waals surface area (Å²) in [5, 5.41) is 3.92. The summed E-state index contributed by atoms with van der Waals surface area (Å²) in [5.74, 6) is 0.162. The Hall–Kier alpha value is -2.83. The SMILES string of the molecule is C=C=C(C)C(=O)Oc1c2ccccc2cc2ccccc12. The molecular formula is C19H14O2. The van der Waals surface area contributed by atoms with Gasteiger partial charge in [-0.15, -0.1) is 5.73 Å². The van der Waals surface area contributed by atoms with Crippen molar-refractivity contribution in [3.05, 3.63) is 72.5 Å². The molecule has 0 radical (unpaired) electrons. The third-order valence-corrected chi connectivity index (χ3v) is 3.49. The van der Waals surface area contributed by atoms with Gasteiger partial charge in [0, 0.05) is 10.8 Å². The summed E-state index contributed by atoms with van der Waals surface area (Å²) >= 11 is 0. The Kier molecular flexibility index (Phi) is 3.31. The topological polar surface area (TPSA) is 26.3 Å². The predicted octanol–water partition coefficient (Wildman–Crippen LogP) is 4.63. The zero-order valence-electron chi connectivity index (χ0n) is 11.7. The summed E-state index contributed by atoms with van der Waals surface area (Å²) in [5.41, 5.74) is 2.94. The molecule has 102 valence electrons. The summed E-state index contributed by atoms with van der Waals surface area (Å²) < 4.78 is 5.62. The number of rotatable bonds is 2. The Bertz CT molecular complexity index is 846. The second kappa shape index (κ2) is 5.28. The van der Waals surface area contributed by atoms with Crippen LogP contribution in [0, 0.1) is 0 Å². The van der Waals surface area contributed by atoms with Crippen LogP contribution in [0.25, 0.3) is 21.5 Å². The van der Waals surface area contributed by atoms with Gasteiger partial charge in [-0.25, -0.2) is 4.79 Å². The third-order valence-electron chi connectivity index (χ3n) is 3.49. The molecule has 0 aromatic heterocycles. The molecule has 0 spiro atoms. The monoisotopic (exact) mass is 274 g/mol. The van der Waals surface area contributed by atoms with Crippen LogP contribution in [0.1, 0.15) is 6.92 Å². The van der Waals surface area contributed by atoms with E-state index < -0.39 is 5.97 Å². The molecule has 0 N–H and O–H groups in total. The number of ether oxygens (including phenoxy) is 1. The van der Waals surface area contributed by atoms with Crippen molar-refractivity contribution in [2.24, 2.45) is 0 Å². The molecule has 2 nitrogen and oxygen atoms in total. The van der Waals surface area contributed by atoms with E-state index in [-0.39, 0.29) is 0 Å². The van der Waals surface area contributed by atoms with Crippen LogP contribution < -0.4 is 4.74 Å². The van der Waals surface area contributed by atoms with Crippen LogP contribution in [0.4, 0.5) is 0 Å². The van der Waals surface area contributed by atoms with Gasteiger partial charge in [-0.3, -0.25) is 0 Å². The zero-order chi connectivity index (χ0) is 14.8. The van der Waals surface area contributed by atoms with E-state index in [2.05, 4.69) is 18.4 Å². The fourth-order valence-corrected chi connectivity index (χ4v) is 2.32. The largest absolute Gasteiger partial charge is 0.421 e. The normalized spacial score (nSPS) is 10.3. The smallest absolute Gasteiger partial charge is 0.346 e. The Morgan fingerprint density at radius 2 is 1.52 bits per heavy atom. The molecule has 2 heteroatoms. The summed E-state index contributed by atoms with van der Waals surface area (Å²) in [4.78, 5) is 12.1. The van der Waals surface area contributed by atoms with Gasteiger partial charge in [0.15, 0.2) is 0 Å². The number of hydrogen-bond donors (Lipinski definition) is 0. The molecule has 0 amide bonds. The highest BCUT2D eigenvalue weighted by molar-refractivity contribution is 6.07. The summed E-state index contributed by atoms with van der Waals surface area (Å²) in [6, 6.07) is 17.8. The molecule has 0 saturated carbocycles. The van der Waals surface area contributed by atoms with Gasteiger partial charge >= 0.3 is 5.97 Å². The van der Waals surface area contributed by atoms with Crippen LogP contribution in [0.2, 0.25) is 0 Å². The second-order valence-electron chi connectivity index (χ2n) is 4.84. The van der Waals surface area contributed by atoms with Crippen LogP contribution in [0.15, 0.2) is 72.5 Å². The van der Waals surface area contributed by atoms with Gasteiger partial charge in [0.05, 0.1) is 5.57 Å². The van der Waals surface area contributed by atoms with Gasteiger partial charge in [-0.1, -0.05) is 55.1 Å². The fourth-order valence-electron chi connectivity index (χ4n) is 2.32. The lowest BCUT2D eigenvalue weighted by atomic mass is 10.0. The molecular weight excluding hydrogens is 260 g/mol. The number of esters is 1. The summed E-state index contributed by atoms with van der Waals surface area (Å²) in [6.45, 7) is 5.13. The lowest BCUT2D eigenvalue weighted by Crippen LogP contribution is -2.09. The van der Waals surface area contributed by atoms with Gasteiger partial charge < -0.3 is 4.74 Å². The van der Waals surface area contributed by atoms with Crippen molar-refractivity contribution < 1.29 is 9.53 Å². The van der Waals surface area contributed by atoms with Crippen molar-refractivity contribution in [1.29, 1.82) is 0 Å². The molecule has 3 aromatic rings. The van der Waals surface area contributed by atoms with Gasteiger partial charge in [-0.2, -0.15) is 0 Å². The molecule has 0 bridgehead atoms. The number of benzene rings is 3. The quantitative estimate of drug-likeness (QED) is 0.224. The Morgan fingerprint density at radius 3 is 2.05 bits per heavy atom. The average molecular weight is 274 g/mol. The maximum Gasteiger partial charge on any atom is 0.346 e. The van der Waals surface area contributed by atoms with Crippen LogP contribution >= 0.6 is 0 Å². The molecule has 21 heavy (non-hydrogen) atoms. The van der Waals surface area contributed by atoms with Crippen molar-refractivity contribution >= 4 is 27.5 Å². The predicted molar refractivity (Wildman–Crippen MR) is 85.4 cm³/mol. The lowest BCUT2D eigenvalue weighted by Gasteiger charge is -2.11. The lowest BCUT2D eigenvalue weighted by molar-refractivity contribution is -0.129. The van der Waals surface area contributed by atoms with E-state index >= 15 is 0 Å². The van der Waals surface area contributed by atoms with Crippen molar-refractivity contribution in [2.45, 2.75) is 6.92 Å². The van der Waals surface area contributed by atoms with E-state index in [1.165, 1.54) is 0 Å². The first-order valence-electron chi connectivity index (χ1n) is 6.70. The molecule has 0 fully saturated rings. The first-order valence-corrected chi connectivity index (χ1v) is 6.70. The van der Waals surface area contributed by atoms with Crippen LogP contribution in [-0.2, 0) is 4.79 Å². The minimum Gasteiger partial charge on any atom is -0.421 e. The highest BCUT2D eigenvalue weighted by atomic mass is 16.5. The van der Waals surface area contributed by atoms with Gasteiger partial charge in [-0.05, 0) is 23.8 Å². The van der Waals surface area contributed by atoms with E-state index in [0.29, 0.717) is 11.3 Å². The molecule has 0 unspecified atom stereocenters. The first-order chi connectivity index (χ1) is 10.2. The molecule has 0 aliphatic rings. The Balaban J connectivity index is 2.30. The second-order valence-corrected chi connectivity index (χ2v) is 4.84. The van der Waals surface area contributed by atoms with Crippen LogP contribution in [0.5, 0.6) is 5.75 Å². The number of fused-ring (bicyclic) bond motifs is 2. The maximum atomic E-state index is 12.1. The van der Waals surface area contributed by atoms with E-state index in [1.54, 1.807) is 6.92 Å². The Labute approximate surface area is 123 Å². The van der Waals surface area contributed by atoms with E-state index in [4.69, 9.17) is 4.74 Å². The molecule has 0 atom stereocenters. The standard InChI is InChI=1S/C19H14O2/c1-3-13(2)19(20)21-18-16-10-6-4-8-14(16)12-15-9-5-7-11-17(15)18/h4-12H,1H2,2H3. The minimum absolute atomic E-state index is 0.368. The summed E-state index contributed by atoms with van der Waals surface area (Å²) in [7, 11) is 0. The van der Waals surface area contributed by atoms with E-state index in [1.807, 2.05) is 48.5 Å². The van der Waals surface area contributed by atoms with Crippen molar-refractivity contribution in [2.75, 3.05) is 0 Å². The van der Waals surface area contributed by atoms with Crippen molar-refractivity contribution in [3.63, 3.8) is 0 Å².